The minimum absolute atomic E-state index is 0.167. The molecular formula is C27H37N5O4. The summed E-state index contributed by atoms with van der Waals surface area (Å²) in [5, 5.41) is 5.27. The lowest BCUT2D eigenvalue weighted by atomic mass is 9.89. The minimum Gasteiger partial charge on any atom is -0.444 e. The fourth-order valence-corrected chi connectivity index (χ4v) is 4.22. The average Bonchev–Trinajstić information content (AvgIpc) is 2.79. The van der Waals surface area contributed by atoms with Crippen LogP contribution in [0.1, 0.15) is 57.7 Å². The van der Waals surface area contributed by atoms with Crippen molar-refractivity contribution in [1.82, 2.24) is 9.88 Å². The number of nitrogens with one attached hydrogen (secondary N) is 2. The van der Waals surface area contributed by atoms with Crippen LogP contribution in [0, 0.1) is 12.8 Å². The van der Waals surface area contributed by atoms with Gasteiger partial charge in [0.15, 0.2) is 0 Å². The van der Waals surface area contributed by atoms with Gasteiger partial charge in [-0.05, 0) is 75.8 Å². The summed E-state index contributed by atoms with van der Waals surface area (Å²) in [6.07, 6.45) is 2.57. The number of aryl methyl sites for hydroxylation is 1. The number of amides is 3. The highest BCUT2D eigenvalue weighted by Crippen LogP contribution is 2.35. The maximum atomic E-state index is 13.3. The first kappa shape index (κ1) is 27.0. The molecule has 1 saturated heterocycles. The van der Waals surface area contributed by atoms with E-state index in [0.29, 0.717) is 29.5 Å². The lowest BCUT2D eigenvalue weighted by Crippen LogP contribution is -2.46. The Morgan fingerprint density at radius 3 is 2.47 bits per heavy atom. The van der Waals surface area contributed by atoms with E-state index < -0.39 is 23.5 Å². The van der Waals surface area contributed by atoms with Gasteiger partial charge in [-0.1, -0.05) is 19.1 Å². The molecule has 0 radical (unpaired) electrons. The molecule has 194 valence electrons. The van der Waals surface area contributed by atoms with E-state index in [2.05, 4.69) is 28.6 Å². The van der Waals surface area contributed by atoms with E-state index in [1.165, 1.54) is 6.20 Å². The Labute approximate surface area is 213 Å². The Balaban J connectivity index is 1.73. The normalized spacial score (nSPS) is 17.8. The number of pyridine rings is 1. The largest absolute Gasteiger partial charge is 0.444 e. The predicted octanol–water partition coefficient (Wildman–Crippen LogP) is 4.74. The van der Waals surface area contributed by atoms with Crippen molar-refractivity contribution in [3.8, 4) is 0 Å². The van der Waals surface area contributed by atoms with Crippen molar-refractivity contribution in [2.45, 2.75) is 59.1 Å². The zero-order valence-corrected chi connectivity index (χ0v) is 22.2. The van der Waals surface area contributed by atoms with Crippen molar-refractivity contribution in [2.75, 3.05) is 36.2 Å². The Morgan fingerprint density at radius 2 is 1.83 bits per heavy atom. The lowest BCUT2D eigenvalue weighted by Gasteiger charge is -2.38. The SMILES string of the molecule is Cc1cc(NC(=O)C(=O)N2C[C@H](C)CC[C@H]2c2cccc(N(C)C)c2)cnc1NC(=O)OC(C)(C)C. The lowest BCUT2D eigenvalue weighted by molar-refractivity contribution is -0.146. The molecule has 2 N–H and O–H groups in total. The summed E-state index contributed by atoms with van der Waals surface area (Å²) in [7, 11) is 3.95. The van der Waals surface area contributed by atoms with Crippen LogP contribution in [0.4, 0.5) is 22.0 Å². The number of hydrogen-bond donors (Lipinski definition) is 2. The van der Waals surface area contributed by atoms with E-state index in [9.17, 15) is 14.4 Å². The molecule has 0 unspecified atom stereocenters. The first-order valence-corrected chi connectivity index (χ1v) is 12.2. The van der Waals surface area contributed by atoms with Gasteiger partial charge in [-0.3, -0.25) is 14.9 Å². The third-order valence-electron chi connectivity index (χ3n) is 6.00. The predicted molar refractivity (Wildman–Crippen MR) is 141 cm³/mol. The molecule has 1 aliphatic rings. The molecule has 3 rings (SSSR count). The van der Waals surface area contributed by atoms with Crippen molar-refractivity contribution >= 4 is 35.1 Å². The zero-order valence-electron chi connectivity index (χ0n) is 22.2. The fourth-order valence-electron chi connectivity index (χ4n) is 4.22. The number of nitrogens with zero attached hydrogens (tertiary/aromatic N) is 3. The number of carbonyl (C=O) groups excluding carboxylic acids is 3. The standard InChI is InChI=1S/C27H37N5O4/c1-17-11-12-22(19-9-8-10-21(14-19)31(6)7)32(16-17)25(34)24(33)29-20-13-18(2)23(28-15-20)30-26(35)36-27(3,4)5/h8-10,13-15,17,22H,11-12,16H2,1-7H3,(H,29,33)(H,28,30,35)/t17-,22+/m1/s1. The highest BCUT2D eigenvalue weighted by atomic mass is 16.6. The molecule has 1 aliphatic heterocycles. The molecule has 1 fully saturated rings. The van der Waals surface area contributed by atoms with Gasteiger partial charge in [0, 0.05) is 26.3 Å². The first-order valence-electron chi connectivity index (χ1n) is 12.2. The number of carbonyl (C=O) groups is 3. The van der Waals surface area contributed by atoms with Crippen LogP contribution in [-0.2, 0) is 14.3 Å². The van der Waals surface area contributed by atoms with E-state index in [1.807, 2.05) is 37.2 Å². The third-order valence-corrected chi connectivity index (χ3v) is 6.00. The van der Waals surface area contributed by atoms with Crippen LogP contribution in [0.2, 0.25) is 0 Å². The summed E-state index contributed by atoms with van der Waals surface area (Å²) >= 11 is 0. The molecule has 1 aromatic carbocycles. The second-order valence-corrected chi connectivity index (χ2v) is 10.6. The molecule has 3 amide bonds. The van der Waals surface area contributed by atoms with Crippen molar-refractivity contribution in [2.24, 2.45) is 5.92 Å². The third kappa shape index (κ3) is 6.96. The van der Waals surface area contributed by atoms with Crippen LogP contribution in [0.15, 0.2) is 36.5 Å². The van der Waals surface area contributed by atoms with E-state index in [-0.39, 0.29) is 6.04 Å². The van der Waals surface area contributed by atoms with Crippen molar-refractivity contribution < 1.29 is 19.1 Å². The number of benzene rings is 1. The summed E-state index contributed by atoms with van der Waals surface area (Å²) in [5.41, 5.74) is 2.42. The molecule has 0 saturated carbocycles. The summed E-state index contributed by atoms with van der Waals surface area (Å²) in [5.74, 6) is -0.668. The number of ether oxygens (including phenoxy) is 1. The Hall–Kier alpha value is -3.62. The smallest absolute Gasteiger partial charge is 0.413 e. The van der Waals surface area contributed by atoms with Crippen LogP contribution in [0.5, 0.6) is 0 Å². The van der Waals surface area contributed by atoms with Crippen molar-refractivity contribution in [3.05, 3.63) is 47.7 Å². The highest BCUT2D eigenvalue weighted by molar-refractivity contribution is 6.39. The molecule has 2 aromatic rings. The maximum Gasteiger partial charge on any atom is 0.413 e. The van der Waals surface area contributed by atoms with Gasteiger partial charge >= 0.3 is 17.9 Å². The van der Waals surface area contributed by atoms with Gasteiger partial charge in [-0.2, -0.15) is 0 Å². The van der Waals surface area contributed by atoms with Gasteiger partial charge in [-0.15, -0.1) is 0 Å². The summed E-state index contributed by atoms with van der Waals surface area (Å²) in [4.78, 5) is 46.2. The van der Waals surface area contributed by atoms with Crippen LogP contribution in [-0.4, -0.2) is 54.0 Å². The van der Waals surface area contributed by atoms with Crippen LogP contribution in [0.25, 0.3) is 0 Å². The molecular weight excluding hydrogens is 458 g/mol. The van der Waals surface area contributed by atoms with E-state index in [0.717, 1.165) is 24.1 Å². The molecule has 9 nitrogen and oxygen atoms in total. The monoisotopic (exact) mass is 495 g/mol. The summed E-state index contributed by atoms with van der Waals surface area (Å²) in [6, 6.07) is 9.57. The van der Waals surface area contributed by atoms with Gasteiger partial charge in [0.05, 0.1) is 17.9 Å². The number of anilines is 3. The quantitative estimate of drug-likeness (QED) is 0.594. The van der Waals surface area contributed by atoms with Gasteiger partial charge in [-0.25, -0.2) is 9.78 Å². The molecule has 36 heavy (non-hydrogen) atoms. The van der Waals surface area contributed by atoms with Gasteiger partial charge in [0.2, 0.25) is 0 Å². The minimum atomic E-state index is -0.716. The van der Waals surface area contributed by atoms with Crippen LogP contribution >= 0.6 is 0 Å². The number of aromatic nitrogens is 1. The van der Waals surface area contributed by atoms with Gasteiger partial charge < -0.3 is 19.9 Å². The van der Waals surface area contributed by atoms with Crippen molar-refractivity contribution in [1.29, 1.82) is 0 Å². The molecule has 2 atom stereocenters. The Kier molecular flexibility index (Phi) is 8.22. The second kappa shape index (κ2) is 11.0. The number of likely N-dealkylation sites (tertiary alicyclic amines) is 1. The van der Waals surface area contributed by atoms with Gasteiger partial charge in [0.1, 0.15) is 11.4 Å². The highest BCUT2D eigenvalue weighted by Gasteiger charge is 2.34. The Morgan fingerprint density at radius 1 is 1.11 bits per heavy atom. The molecule has 1 aromatic heterocycles. The number of hydrogen-bond acceptors (Lipinski definition) is 6. The first-order chi connectivity index (χ1) is 16.8. The second-order valence-electron chi connectivity index (χ2n) is 10.6. The van der Waals surface area contributed by atoms with Crippen molar-refractivity contribution in [3.63, 3.8) is 0 Å². The van der Waals surface area contributed by atoms with E-state index in [4.69, 9.17) is 4.74 Å². The summed E-state index contributed by atoms with van der Waals surface area (Å²) in [6.45, 7) is 9.67. The topological polar surface area (TPSA) is 104 Å². The summed E-state index contributed by atoms with van der Waals surface area (Å²) < 4.78 is 5.25. The van der Waals surface area contributed by atoms with Gasteiger partial charge in [0.25, 0.3) is 0 Å². The molecule has 2 heterocycles. The van der Waals surface area contributed by atoms with E-state index >= 15 is 0 Å². The zero-order chi connectivity index (χ0) is 26.6. The number of piperidine rings is 1. The molecule has 0 aliphatic carbocycles. The Bertz CT molecular complexity index is 1130. The molecule has 0 bridgehead atoms. The van der Waals surface area contributed by atoms with Crippen LogP contribution < -0.4 is 15.5 Å². The maximum absolute atomic E-state index is 13.3. The fraction of sp³-hybridized carbons (Fsp3) is 0.481. The average molecular weight is 496 g/mol. The van der Waals surface area contributed by atoms with Crippen LogP contribution in [0.3, 0.4) is 0 Å². The van der Waals surface area contributed by atoms with E-state index in [1.54, 1.807) is 38.7 Å². The molecule has 0 spiro atoms. The molecule has 9 heteroatoms. The number of rotatable bonds is 4.